The van der Waals surface area contributed by atoms with Gasteiger partial charge >= 0.3 is 0 Å². The van der Waals surface area contributed by atoms with Crippen LogP contribution in [0.2, 0.25) is 0 Å². The Morgan fingerprint density at radius 1 is 1.08 bits per heavy atom. The summed E-state index contributed by atoms with van der Waals surface area (Å²) in [6.07, 6.45) is 3.22. The van der Waals surface area contributed by atoms with Gasteiger partial charge in [0.05, 0.1) is 17.5 Å². The van der Waals surface area contributed by atoms with E-state index in [9.17, 15) is 4.79 Å². The fraction of sp³-hybridized carbons (Fsp3) is 0.0526. The highest BCUT2D eigenvalue weighted by atomic mass is 32.1. The number of hydrogen-bond acceptors (Lipinski definition) is 4. The molecular formula is C19H14N2O2S. The molecule has 2 aromatic carbocycles. The van der Waals surface area contributed by atoms with Gasteiger partial charge in [-0.15, -0.1) is 11.3 Å². The molecule has 0 aliphatic heterocycles. The first kappa shape index (κ1) is 14.7. The number of amides is 1. The normalized spacial score (nSPS) is 10.9. The Morgan fingerprint density at radius 2 is 1.88 bits per heavy atom. The fourth-order valence-electron chi connectivity index (χ4n) is 2.77. The summed E-state index contributed by atoms with van der Waals surface area (Å²) in [6, 6.07) is 15.3. The summed E-state index contributed by atoms with van der Waals surface area (Å²) in [4.78, 5) is 16.4. The average Bonchev–Trinajstić information content (AvgIpc) is 3.02. The molecule has 0 fully saturated rings. The van der Waals surface area contributed by atoms with Crippen molar-refractivity contribution in [2.45, 2.75) is 0 Å². The molecule has 0 bridgehead atoms. The Morgan fingerprint density at radius 3 is 2.67 bits per heavy atom. The van der Waals surface area contributed by atoms with Crippen LogP contribution in [0.5, 0.6) is 5.75 Å². The van der Waals surface area contributed by atoms with Crippen molar-refractivity contribution in [3.05, 3.63) is 66.5 Å². The number of nitrogens with zero attached hydrogens (tertiary/aromatic N) is 1. The van der Waals surface area contributed by atoms with Crippen LogP contribution in [0.4, 0.5) is 5.69 Å². The highest BCUT2D eigenvalue weighted by Gasteiger charge is 2.15. The van der Waals surface area contributed by atoms with Crippen LogP contribution in [0.25, 0.3) is 20.2 Å². The van der Waals surface area contributed by atoms with Crippen molar-refractivity contribution in [2.24, 2.45) is 0 Å². The molecule has 24 heavy (non-hydrogen) atoms. The zero-order valence-corrected chi connectivity index (χ0v) is 13.8. The van der Waals surface area contributed by atoms with Gasteiger partial charge in [0.1, 0.15) is 5.75 Å². The maximum atomic E-state index is 12.5. The second-order valence-electron chi connectivity index (χ2n) is 5.31. The molecule has 0 unspecified atom stereocenters. The van der Waals surface area contributed by atoms with Gasteiger partial charge in [0.15, 0.2) is 0 Å². The second-order valence-corrected chi connectivity index (χ2v) is 6.36. The number of benzene rings is 2. The molecule has 118 valence electrons. The molecule has 0 atom stereocenters. The monoisotopic (exact) mass is 334 g/mol. The van der Waals surface area contributed by atoms with Gasteiger partial charge in [-0.3, -0.25) is 9.78 Å². The molecule has 2 heterocycles. The Bertz CT molecular complexity index is 1040. The number of rotatable bonds is 3. The summed E-state index contributed by atoms with van der Waals surface area (Å²) in [5, 5.41) is 5.14. The van der Waals surface area contributed by atoms with Gasteiger partial charge in [0.2, 0.25) is 0 Å². The van der Waals surface area contributed by atoms with Crippen LogP contribution in [-0.2, 0) is 0 Å². The molecule has 4 aromatic rings. The van der Waals surface area contributed by atoms with Gasteiger partial charge < -0.3 is 10.1 Å². The summed E-state index contributed by atoms with van der Waals surface area (Å²) in [7, 11) is 1.66. The largest absolute Gasteiger partial charge is 0.495 e. The van der Waals surface area contributed by atoms with Crippen LogP contribution in [0.15, 0.2) is 60.9 Å². The highest BCUT2D eigenvalue weighted by Crippen LogP contribution is 2.43. The number of anilines is 1. The van der Waals surface area contributed by atoms with Crippen LogP contribution < -0.4 is 10.1 Å². The summed E-state index contributed by atoms with van der Waals surface area (Å²) >= 11 is 1.66. The first-order valence-corrected chi connectivity index (χ1v) is 8.29. The topological polar surface area (TPSA) is 51.2 Å². The van der Waals surface area contributed by atoms with Crippen LogP contribution in [0.3, 0.4) is 0 Å². The van der Waals surface area contributed by atoms with E-state index in [0.29, 0.717) is 5.56 Å². The molecule has 0 saturated carbocycles. The number of carbonyl (C=O) groups excluding carboxylic acids is 1. The van der Waals surface area contributed by atoms with Gasteiger partial charge in [-0.2, -0.15) is 0 Å². The molecule has 0 spiro atoms. The van der Waals surface area contributed by atoms with Gasteiger partial charge in [0, 0.05) is 33.4 Å². The van der Waals surface area contributed by atoms with E-state index in [1.165, 1.54) is 0 Å². The van der Waals surface area contributed by atoms with E-state index >= 15 is 0 Å². The maximum Gasteiger partial charge on any atom is 0.255 e. The van der Waals surface area contributed by atoms with E-state index < -0.39 is 0 Å². The average molecular weight is 334 g/mol. The molecule has 2 aromatic heterocycles. The lowest BCUT2D eigenvalue weighted by Crippen LogP contribution is -2.12. The molecule has 0 saturated heterocycles. The lowest BCUT2D eigenvalue weighted by Gasteiger charge is -2.09. The second kappa shape index (κ2) is 5.94. The van der Waals surface area contributed by atoms with E-state index in [2.05, 4.69) is 22.4 Å². The molecule has 0 radical (unpaired) electrons. The maximum absolute atomic E-state index is 12.5. The van der Waals surface area contributed by atoms with Crippen molar-refractivity contribution < 1.29 is 9.53 Å². The SMILES string of the molecule is COc1ccc(NC(=O)c2ccncc2)c2c1sc1ccccc12. The Labute approximate surface area is 142 Å². The Balaban J connectivity index is 1.88. The van der Waals surface area contributed by atoms with E-state index in [4.69, 9.17) is 4.74 Å². The summed E-state index contributed by atoms with van der Waals surface area (Å²) in [6.45, 7) is 0. The summed E-state index contributed by atoms with van der Waals surface area (Å²) in [5.74, 6) is 0.659. The number of ether oxygens (including phenoxy) is 1. The van der Waals surface area contributed by atoms with Crippen molar-refractivity contribution in [3.8, 4) is 5.75 Å². The first-order chi connectivity index (χ1) is 11.8. The Kier molecular flexibility index (Phi) is 3.63. The van der Waals surface area contributed by atoms with Crippen molar-refractivity contribution >= 4 is 43.1 Å². The minimum absolute atomic E-state index is 0.154. The number of carbonyl (C=O) groups is 1. The van der Waals surface area contributed by atoms with Crippen LogP contribution in [-0.4, -0.2) is 18.0 Å². The van der Waals surface area contributed by atoms with Crippen LogP contribution in [0.1, 0.15) is 10.4 Å². The third-order valence-electron chi connectivity index (χ3n) is 3.90. The number of fused-ring (bicyclic) bond motifs is 3. The standard InChI is InChI=1S/C19H14N2O2S/c1-23-15-7-6-14(21-19(22)12-8-10-20-11-9-12)17-13-4-2-3-5-16(13)24-18(15)17/h2-11H,1H3,(H,21,22). The van der Waals surface area contributed by atoms with Gasteiger partial charge in [-0.1, -0.05) is 18.2 Å². The van der Waals surface area contributed by atoms with Gasteiger partial charge in [-0.05, 0) is 30.3 Å². The van der Waals surface area contributed by atoms with Gasteiger partial charge in [-0.25, -0.2) is 0 Å². The minimum atomic E-state index is -0.154. The molecule has 1 amide bonds. The van der Waals surface area contributed by atoms with E-state index in [1.54, 1.807) is 43.0 Å². The predicted octanol–water partition coefficient (Wildman–Crippen LogP) is 4.71. The molecule has 4 rings (SSSR count). The van der Waals surface area contributed by atoms with Crippen molar-refractivity contribution in [3.63, 3.8) is 0 Å². The summed E-state index contributed by atoms with van der Waals surface area (Å²) < 4.78 is 7.69. The molecule has 0 aliphatic carbocycles. The molecule has 5 heteroatoms. The van der Waals surface area contributed by atoms with E-state index in [0.717, 1.165) is 31.6 Å². The lowest BCUT2D eigenvalue weighted by atomic mass is 10.1. The number of thiophene rings is 1. The smallest absolute Gasteiger partial charge is 0.255 e. The number of methoxy groups -OCH3 is 1. The lowest BCUT2D eigenvalue weighted by molar-refractivity contribution is 0.102. The zero-order valence-electron chi connectivity index (χ0n) is 12.9. The van der Waals surface area contributed by atoms with Crippen LogP contribution in [0, 0.1) is 0 Å². The number of pyridine rings is 1. The quantitative estimate of drug-likeness (QED) is 0.590. The number of nitrogens with one attached hydrogen (secondary N) is 1. The van der Waals surface area contributed by atoms with Crippen molar-refractivity contribution in [1.82, 2.24) is 4.98 Å². The molecule has 4 nitrogen and oxygen atoms in total. The first-order valence-electron chi connectivity index (χ1n) is 7.47. The van der Waals surface area contributed by atoms with Crippen molar-refractivity contribution in [1.29, 1.82) is 0 Å². The number of aromatic nitrogens is 1. The van der Waals surface area contributed by atoms with Gasteiger partial charge in [0.25, 0.3) is 5.91 Å². The van der Waals surface area contributed by atoms with E-state index in [1.807, 2.05) is 24.3 Å². The fourth-order valence-corrected chi connectivity index (χ4v) is 3.99. The minimum Gasteiger partial charge on any atom is -0.495 e. The van der Waals surface area contributed by atoms with E-state index in [-0.39, 0.29) is 5.91 Å². The molecule has 1 N–H and O–H groups in total. The molecular weight excluding hydrogens is 320 g/mol. The summed E-state index contributed by atoms with van der Waals surface area (Å²) in [5.41, 5.74) is 1.36. The van der Waals surface area contributed by atoms with Crippen LogP contribution >= 0.6 is 11.3 Å². The van der Waals surface area contributed by atoms with Crippen molar-refractivity contribution in [2.75, 3.05) is 12.4 Å². The number of hydrogen-bond donors (Lipinski definition) is 1. The predicted molar refractivity (Wildman–Crippen MR) is 98.1 cm³/mol. The highest BCUT2D eigenvalue weighted by molar-refractivity contribution is 7.26. The zero-order chi connectivity index (χ0) is 16.5. The third kappa shape index (κ3) is 2.39. The third-order valence-corrected chi connectivity index (χ3v) is 5.09. The molecule has 0 aliphatic rings. The Hall–Kier alpha value is -2.92.